The van der Waals surface area contributed by atoms with Crippen LogP contribution < -0.4 is 9.47 Å². The monoisotopic (exact) mass is 385 g/mol. The van der Waals surface area contributed by atoms with E-state index in [1.807, 2.05) is 49.4 Å². The molecule has 28 heavy (non-hydrogen) atoms. The molecule has 0 bridgehead atoms. The normalized spacial score (nSPS) is 16.1. The first kappa shape index (κ1) is 20.5. The molecule has 5 nitrogen and oxygen atoms in total. The van der Waals surface area contributed by atoms with Crippen LogP contribution in [0.25, 0.3) is 6.08 Å². The van der Waals surface area contributed by atoms with Crippen molar-refractivity contribution in [2.45, 2.75) is 51.3 Å². The van der Waals surface area contributed by atoms with Crippen LogP contribution in [0.2, 0.25) is 0 Å². The van der Waals surface area contributed by atoms with Crippen molar-refractivity contribution in [3.63, 3.8) is 0 Å². The molecule has 0 aliphatic heterocycles. The Morgan fingerprint density at radius 2 is 2.07 bits per heavy atom. The molecule has 0 spiro atoms. The van der Waals surface area contributed by atoms with Gasteiger partial charge in [0.2, 0.25) is 0 Å². The second kappa shape index (κ2) is 10.3. The molecule has 0 amide bonds. The molecule has 5 heteroatoms. The van der Waals surface area contributed by atoms with Crippen LogP contribution in [0, 0.1) is 0 Å². The first-order valence-electron chi connectivity index (χ1n) is 10.1. The third kappa shape index (κ3) is 5.63. The van der Waals surface area contributed by atoms with E-state index in [4.69, 9.17) is 13.9 Å². The summed E-state index contributed by atoms with van der Waals surface area (Å²) in [4.78, 5) is 2.33. The second-order valence-electron chi connectivity index (χ2n) is 7.32. The summed E-state index contributed by atoms with van der Waals surface area (Å²) in [5, 5.41) is 10.6. The van der Waals surface area contributed by atoms with E-state index in [0.717, 1.165) is 17.9 Å². The molecule has 1 fully saturated rings. The Morgan fingerprint density at radius 3 is 2.75 bits per heavy atom. The maximum absolute atomic E-state index is 10.6. The number of nitrogens with zero attached hydrogens (tertiary/aromatic N) is 1. The number of aliphatic hydroxyl groups is 1. The van der Waals surface area contributed by atoms with Gasteiger partial charge in [-0.3, -0.25) is 4.90 Å². The summed E-state index contributed by atoms with van der Waals surface area (Å²) >= 11 is 0. The Bertz CT molecular complexity index is 735. The molecule has 1 atom stereocenters. The molecule has 1 unspecified atom stereocenters. The van der Waals surface area contributed by atoms with E-state index in [-0.39, 0.29) is 6.61 Å². The Balaban J connectivity index is 1.59. The van der Waals surface area contributed by atoms with Crippen molar-refractivity contribution in [1.82, 2.24) is 4.90 Å². The lowest BCUT2D eigenvalue weighted by atomic mass is 10.1. The quantitative estimate of drug-likeness (QED) is 0.652. The number of benzene rings is 1. The van der Waals surface area contributed by atoms with Gasteiger partial charge in [-0.1, -0.05) is 31.1 Å². The fourth-order valence-electron chi connectivity index (χ4n) is 3.82. The largest absolute Gasteiger partial charge is 0.493 e. The van der Waals surface area contributed by atoms with Crippen LogP contribution in [0.3, 0.4) is 0 Å². The number of rotatable bonds is 10. The van der Waals surface area contributed by atoms with Crippen molar-refractivity contribution in [2.75, 3.05) is 20.3 Å². The minimum Gasteiger partial charge on any atom is -0.493 e. The summed E-state index contributed by atoms with van der Waals surface area (Å²) in [6.45, 7) is 3.48. The Labute approximate surface area is 167 Å². The van der Waals surface area contributed by atoms with Crippen LogP contribution in [0.5, 0.6) is 11.5 Å². The van der Waals surface area contributed by atoms with E-state index in [0.29, 0.717) is 24.1 Å². The van der Waals surface area contributed by atoms with Gasteiger partial charge >= 0.3 is 0 Å². The first-order chi connectivity index (χ1) is 13.7. The predicted octanol–water partition coefficient (Wildman–Crippen LogP) is 4.51. The maximum Gasteiger partial charge on any atom is 0.161 e. The fourth-order valence-corrected chi connectivity index (χ4v) is 3.82. The van der Waals surface area contributed by atoms with E-state index >= 15 is 0 Å². The van der Waals surface area contributed by atoms with Gasteiger partial charge in [0.1, 0.15) is 18.5 Å². The zero-order chi connectivity index (χ0) is 19.8. The third-order valence-corrected chi connectivity index (χ3v) is 5.20. The molecule has 1 heterocycles. The average Bonchev–Trinajstić information content (AvgIpc) is 3.40. The zero-order valence-electron chi connectivity index (χ0n) is 16.8. The van der Waals surface area contributed by atoms with E-state index < -0.39 is 6.10 Å². The molecule has 1 aromatic carbocycles. The minimum absolute atomic E-state index is 0.223. The lowest BCUT2D eigenvalue weighted by molar-refractivity contribution is 0.0457. The number of allylic oxidation sites excluding steroid dienone is 1. The van der Waals surface area contributed by atoms with E-state index in [2.05, 4.69) is 4.90 Å². The first-order valence-corrected chi connectivity index (χ1v) is 10.1. The molecule has 1 aromatic heterocycles. The Morgan fingerprint density at radius 1 is 1.25 bits per heavy atom. The van der Waals surface area contributed by atoms with Gasteiger partial charge in [-0.25, -0.2) is 0 Å². The van der Waals surface area contributed by atoms with Crippen LogP contribution in [0.4, 0.5) is 0 Å². The van der Waals surface area contributed by atoms with Gasteiger partial charge in [-0.2, -0.15) is 0 Å². The SMILES string of the molecule is C/C=C/c1ccc(OCC(O)CN(Cc2ccco2)C2CCCC2)c(OC)c1. The van der Waals surface area contributed by atoms with Crippen molar-refractivity contribution < 1.29 is 19.0 Å². The van der Waals surface area contributed by atoms with Crippen molar-refractivity contribution in [3.05, 3.63) is 54.0 Å². The number of furan rings is 1. The highest BCUT2D eigenvalue weighted by atomic mass is 16.5. The molecule has 0 radical (unpaired) electrons. The number of hydrogen-bond donors (Lipinski definition) is 1. The number of aliphatic hydroxyl groups excluding tert-OH is 1. The number of hydrogen-bond acceptors (Lipinski definition) is 5. The molecule has 0 saturated heterocycles. The summed E-state index contributed by atoms with van der Waals surface area (Å²) in [7, 11) is 1.63. The second-order valence-corrected chi connectivity index (χ2v) is 7.32. The molecular weight excluding hydrogens is 354 g/mol. The smallest absolute Gasteiger partial charge is 0.161 e. The summed E-state index contributed by atoms with van der Waals surface area (Å²) in [6, 6.07) is 10.2. The van der Waals surface area contributed by atoms with Crippen molar-refractivity contribution in [3.8, 4) is 11.5 Å². The summed E-state index contributed by atoms with van der Waals surface area (Å²) in [5.74, 6) is 2.25. The highest BCUT2D eigenvalue weighted by Gasteiger charge is 2.25. The van der Waals surface area contributed by atoms with Crippen molar-refractivity contribution >= 4 is 6.08 Å². The lowest BCUT2D eigenvalue weighted by Crippen LogP contribution is -2.40. The molecule has 1 saturated carbocycles. The van der Waals surface area contributed by atoms with Crippen LogP contribution in [0.1, 0.15) is 43.9 Å². The predicted molar refractivity (Wildman–Crippen MR) is 111 cm³/mol. The third-order valence-electron chi connectivity index (χ3n) is 5.20. The Hall–Kier alpha value is -2.24. The zero-order valence-corrected chi connectivity index (χ0v) is 16.8. The molecular formula is C23H31NO4. The molecule has 2 aromatic rings. The van der Waals surface area contributed by atoms with Gasteiger partial charge in [-0.05, 0) is 49.6 Å². The van der Waals surface area contributed by atoms with Crippen LogP contribution in [-0.4, -0.2) is 42.4 Å². The van der Waals surface area contributed by atoms with Gasteiger partial charge in [0, 0.05) is 12.6 Å². The summed E-state index contributed by atoms with van der Waals surface area (Å²) in [5.41, 5.74) is 1.05. The van der Waals surface area contributed by atoms with E-state index in [1.54, 1.807) is 13.4 Å². The molecule has 152 valence electrons. The van der Waals surface area contributed by atoms with Crippen LogP contribution in [-0.2, 0) is 6.54 Å². The lowest BCUT2D eigenvalue weighted by Gasteiger charge is -2.30. The van der Waals surface area contributed by atoms with E-state index in [1.165, 1.54) is 25.7 Å². The topological polar surface area (TPSA) is 55.1 Å². The van der Waals surface area contributed by atoms with E-state index in [9.17, 15) is 5.11 Å². The minimum atomic E-state index is -0.588. The van der Waals surface area contributed by atoms with Gasteiger partial charge in [0.15, 0.2) is 11.5 Å². The maximum atomic E-state index is 10.6. The Kier molecular flexibility index (Phi) is 7.57. The van der Waals surface area contributed by atoms with Gasteiger partial charge in [0.25, 0.3) is 0 Å². The van der Waals surface area contributed by atoms with Crippen LogP contribution >= 0.6 is 0 Å². The van der Waals surface area contributed by atoms with Gasteiger partial charge < -0.3 is 19.0 Å². The van der Waals surface area contributed by atoms with Gasteiger partial charge in [-0.15, -0.1) is 0 Å². The molecule has 1 aliphatic rings. The number of ether oxygens (including phenoxy) is 2. The molecule has 1 N–H and O–H groups in total. The fraction of sp³-hybridized carbons (Fsp3) is 0.478. The van der Waals surface area contributed by atoms with Crippen molar-refractivity contribution in [1.29, 1.82) is 0 Å². The molecule has 3 rings (SSSR count). The van der Waals surface area contributed by atoms with Crippen molar-refractivity contribution in [2.24, 2.45) is 0 Å². The summed E-state index contributed by atoms with van der Waals surface area (Å²) in [6.07, 6.45) is 9.96. The van der Waals surface area contributed by atoms with Gasteiger partial charge in [0.05, 0.1) is 19.9 Å². The van der Waals surface area contributed by atoms with Crippen LogP contribution in [0.15, 0.2) is 47.1 Å². The molecule has 1 aliphatic carbocycles. The average molecular weight is 386 g/mol. The highest BCUT2D eigenvalue weighted by Crippen LogP contribution is 2.29. The highest BCUT2D eigenvalue weighted by molar-refractivity contribution is 5.55. The number of methoxy groups -OCH3 is 1. The standard InChI is InChI=1S/C23H31NO4/c1-3-7-18-11-12-22(23(14-18)26-2)28-17-20(25)15-24(19-8-4-5-9-19)16-21-10-6-13-27-21/h3,6-7,10-14,19-20,25H,4-5,8-9,15-17H2,1-2H3/b7-3+. The summed E-state index contributed by atoms with van der Waals surface area (Å²) < 4.78 is 16.8.